The van der Waals surface area contributed by atoms with E-state index < -0.39 is 0 Å². The Hall–Kier alpha value is -1.22. The van der Waals surface area contributed by atoms with Crippen molar-refractivity contribution in [1.29, 1.82) is 0 Å². The van der Waals surface area contributed by atoms with Gasteiger partial charge in [0.1, 0.15) is 5.75 Å². The molecule has 0 spiro atoms. The largest absolute Gasteiger partial charge is 0.493 e. The molecular weight excluding hydrogens is 202 g/mol. The average Bonchev–Trinajstić information content (AvgIpc) is 2.11. The standard InChI is InChI=1S/C10H12ClNO2/c1-3-14-10-5-9(12)8(11)4-7(10)6(2)13/h4-5H,3,12H2,1-2H3. The molecule has 0 fully saturated rings. The summed E-state index contributed by atoms with van der Waals surface area (Å²) in [5.74, 6) is 0.400. The van der Waals surface area contributed by atoms with Gasteiger partial charge in [0.15, 0.2) is 5.78 Å². The normalized spacial score (nSPS) is 9.93. The van der Waals surface area contributed by atoms with Crippen LogP contribution in [-0.4, -0.2) is 12.4 Å². The molecule has 0 radical (unpaired) electrons. The van der Waals surface area contributed by atoms with E-state index in [-0.39, 0.29) is 5.78 Å². The molecule has 4 heteroatoms. The molecule has 0 aromatic heterocycles. The van der Waals surface area contributed by atoms with Crippen molar-refractivity contribution in [3.8, 4) is 5.75 Å². The fourth-order valence-corrected chi connectivity index (χ4v) is 1.28. The summed E-state index contributed by atoms with van der Waals surface area (Å²) in [6.07, 6.45) is 0. The van der Waals surface area contributed by atoms with Crippen LogP contribution in [0, 0.1) is 0 Å². The maximum atomic E-state index is 11.2. The molecule has 0 aliphatic heterocycles. The van der Waals surface area contributed by atoms with E-state index in [1.807, 2.05) is 6.92 Å². The van der Waals surface area contributed by atoms with Gasteiger partial charge in [0.25, 0.3) is 0 Å². The highest BCUT2D eigenvalue weighted by molar-refractivity contribution is 6.33. The Morgan fingerprint density at radius 1 is 1.57 bits per heavy atom. The minimum absolute atomic E-state index is 0.0876. The van der Waals surface area contributed by atoms with E-state index in [2.05, 4.69) is 0 Å². The Morgan fingerprint density at radius 2 is 2.21 bits per heavy atom. The van der Waals surface area contributed by atoms with Crippen molar-refractivity contribution in [2.45, 2.75) is 13.8 Å². The van der Waals surface area contributed by atoms with Crippen molar-refractivity contribution in [1.82, 2.24) is 0 Å². The number of nitrogen functional groups attached to an aromatic ring is 1. The maximum Gasteiger partial charge on any atom is 0.163 e. The second-order valence-corrected chi connectivity index (χ2v) is 3.27. The van der Waals surface area contributed by atoms with Crippen LogP contribution in [0.5, 0.6) is 5.75 Å². The summed E-state index contributed by atoms with van der Waals surface area (Å²) in [5.41, 5.74) is 6.48. The number of rotatable bonds is 3. The molecular formula is C10H12ClNO2. The van der Waals surface area contributed by atoms with Crippen LogP contribution in [0.3, 0.4) is 0 Å². The molecule has 76 valence electrons. The molecule has 1 rings (SSSR count). The first-order valence-corrected chi connectivity index (χ1v) is 4.66. The SMILES string of the molecule is CCOc1cc(N)c(Cl)cc1C(C)=O. The predicted molar refractivity (Wildman–Crippen MR) is 57.0 cm³/mol. The smallest absolute Gasteiger partial charge is 0.163 e. The third kappa shape index (κ3) is 2.17. The molecule has 2 N–H and O–H groups in total. The molecule has 1 aromatic rings. The maximum absolute atomic E-state index is 11.2. The number of carbonyl (C=O) groups is 1. The van der Waals surface area contributed by atoms with Crippen LogP contribution in [-0.2, 0) is 0 Å². The van der Waals surface area contributed by atoms with Crippen molar-refractivity contribution < 1.29 is 9.53 Å². The van der Waals surface area contributed by atoms with Crippen molar-refractivity contribution in [2.24, 2.45) is 0 Å². The van der Waals surface area contributed by atoms with Gasteiger partial charge in [-0.3, -0.25) is 4.79 Å². The number of ketones is 1. The number of anilines is 1. The number of benzene rings is 1. The zero-order chi connectivity index (χ0) is 10.7. The summed E-state index contributed by atoms with van der Waals surface area (Å²) < 4.78 is 5.27. The molecule has 0 atom stereocenters. The van der Waals surface area contributed by atoms with Crippen LogP contribution in [0.25, 0.3) is 0 Å². The van der Waals surface area contributed by atoms with Gasteiger partial charge in [0, 0.05) is 6.07 Å². The summed E-state index contributed by atoms with van der Waals surface area (Å²) >= 11 is 5.80. The predicted octanol–water partition coefficient (Wildman–Crippen LogP) is 2.52. The highest BCUT2D eigenvalue weighted by Crippen LogP contribution is 2.29. The first-order valence-electron chi connectivity index (χ1n) is 4.29. The van der Waals surface area contributed by atoms with Crippen molar-refractivity contribution >= 4 is 23.1 Å². The van der Waals surface area contributed by atoms with Gasteiger partial charge in [-0.1, -0.05) is 11.6 Å². The number of nitrogens with two attached hydrogens (primary N) is 1. The van der Waals surface area contributed by atoms with Gasteiger partial charge >= 0.3 is 0 Å². The fraction of sp³-hybridized carbons (Fsp3) is 0.300. The van der Waals surface area contributed by atoms with Gasteiger partial charge in [-0.25, -0.2) is 0 Å². The minimum Gasteiger partial charge on any atom is -0.493 e. The second kappa shape index (κ2) is 4.33. The quantitative estimate of drug-likeness (QED) is 0.620. The molecule has 0 amide bonds. The lowest BCUT2D eigenvalue weighted by Gasteiger charge is -2.09. The molecule has 0 saturated carbocycles. The molecule has 0 bridgehead atoms. The second-order valence-electron chi connectivity index (χ2n) is 2.86. The summed E-state index contributed by atoms with van der Waals surface area (Å²) in [5, 5.41) is 0.374. The molecule has 1 aromatic carbocycles. The van der Waals surface area contributed by atoms with Crippen LogP contribution in [0.1, 0.15) is 24.2 Å². The summed E-state index contributed by atoms with van der Waals surface area (Å²) in [6.45, 7) is 3.79. The Morgan fingerprint density at radius 3 is 2.71 bits per heavy atom. The van der Waals surface area contributed by atoms with Gasteiger partial charge in [-0.05, 0) is 19.9 Å². The number of halogens is 1. The summed E-state index contributed by atoms with van der Waals surface area (Å²) in [6, 6.07) is 3.10. The highest BCUT2D eigenvalue weighted by Gasteiger charge is 2.11. The van der Waals surface area contributed by atoms with E-state index in [0.717, 1.165) is 0 Å². The number of hydrogen-bond donors (Lipinski definition) is 1. The number of carbonyl (C=O) groups excluding carboxylic acids is 1. The molecule has 14 heavy (non-hydrogen) atoms. The lowest BCUT2D eigenvalue weighted by molar-refractivity contribution is 0.101. The van der Waals surface area contributed by atoms with Crippen LogP contribution >= 0.6 is 11.6 Å². The van der Waals surface area contributed by atoms with Crippen LogP contribution in [0.15, 0.2) is 12.1 Å². The van der Waals surface area contributed by atoms with E-state index >= 15 is 0 Å². The van der Waals surface area contributed by atoms with E-state index in [9.17, 15) is 4.79 Å². The van der Waals surface area contributed by atoms with E-state index in [1.54, 1.807) is 6.07 Å². The lowest BCUT2D eigenvalue weighted by atomic mass is 10.1. The van der Waals surface area contributed by atoms with Gasteiger partial charge < -0.3 is 10.5 Å². The Balaban J connectivity index is 3.24. The Kier molecular flexibility index (Phi) is 3.36. The third-order valence-electron chi connectivity index (χ3n) is 1.78. The first-order chi connectivity index (χ1) is 6.56. The molecule has 0 aliphatic rings. The lowest BCUT2D eigenvalue weighted by Crippen LogP contribution is -2.02. The Bertz CT molecular complexity index is 363. The van der Waals surface area contributed by atoms with Crippen LogP contribution < -0.4 is 10.5 Å². The van der Waals surface area contributed by atoms with E-state index in [4.69, 9.17) is 22.1 Å². The fourth-order valence-electron chi connectivity index (χ4n) is 1.12. The summed E-state index contributed by atoms with van der Waals surface area (Å²) in [4.78, 5) is 11.2. The van der Waals surface area contributed by atoms with Crippen LogP contribution in [0.2, 0.25) is 5.02 Å². The van der Waals surface area contributed by atoms with Gasteiger partial charge in [0.2, 0.25) is 0 Å². The molecule has 0 saturated heterocycles. The number of Topliss-reactive ketones (excluding diaryl/α,β-unsaturated/α-hetero) is 1. The van der Waals surface area contributed by atoms with E-state index in [1.165, 1.54) is 13.0 Å². The average molecular weight is 214 g/mol. The Labute approximate surface area is 87.8 Å². The van der Waals surface area contributed by atoms with Crippen molar-refractivity contribution in [2.75, 3.05) is 12.3 Å². The molecule has 0 heterocycles. The first kappa shape index (κ1) is 10.9. The van der Waals surface area contributed by atoms with Gasteiger partial charge in [0.05, 0.1) is 22.9 Å². The van der Waals surface area contributed by atoms with E-state index in [0.29, 0.717) is 28.6 Å². The summed E-state index contributed by atoms with van der Waals surface area (Å²) in [7, 11) is 0. The zero-order valence-corrected chi connectivity index (χ0v) is 8.89. The van der Waals surface area contributed by atoms with Gasteiger partial charge in [-0.15, -0.1) is 0 Å². The molecule has 3 nitrogen and oxygen atoms in total. The minimum atomic E-state index is -0.0876. The topological polar surface area (TPSA) is 52.3 Å². The molecule has 0 unspecified atom stereocenters. The van der Waals surface area contributed by atoms with Gasteiger partial charge in [-0.2, -0.15) is 0 Å². The van der Waals surface area contributed by atoms with Crippen LogP contribution in [0.4, 0.5) is 5.69 Å². The molecule has 0 aliphatic carbocycles. The number of ether oxygens (including phenoxy) is 1. The monoisotopic (exact) mass is 213 g/mol. The number of hydrogen-bond acceptors (Lipinski definition) is 3. The van der Waals surface area contributed by atoms with Crippen molar-refractivity contribution in [3.63, 3.8) is 0 Å². The zero-order valence-electron chi connectivity index (χ0n) is 8.13. The van der Waals surface area contributed by atoms with Crippen molar-refractivity contribution in [3.05, 3.63) is 22.7 Å². The third-order valence-corrected chi connectivity index (χ3v) is 2.11. The highest BCUT2D eigenvalue weighted by atomic mass is 35.5.